The minimum absolute atomic E-state index is 0.574. The van der Waals surface area contributed by atoms with E-state index in [4.69, 9.17) is 4.98 Å². The first-order valence-electron chi connectivity index (χ1n) is 8.38. The van der Waals surface area contributed by atoms with Crippen LogP contribution in [0.25, 0.3) is 29.0 Å². The van der Waals surface area contributed by atoms with E-state index in [0.717, 1.165) is 17.0 Å². The van der Waals surface area contributed by atoms with Gasteiger partial charge in [-0.05, 0) is 5.56 Å². The van der Waals surface area contributed by atoms with E-state index >= 15 is 0 Å². The molecule has 0 bridgehead atoms. The molecule has 2 aromatic carbocycles. The highest BCUT2D eigenvalue weighted by Crippen LogP contribution is 2.21. The molecule has 0 saturated heterocycles. The number of nitrogens with zero attached hydrogens (tertiary/aromatic N) is 5. The normalized spacial score (nSPS) is 11.1. The van der Waals surface area contributed by atoms with Crippen molar-refractivity contribution in [3.8, 4) is 22.9 Å². The van der Waals surface area contributed by atoms with E-state index in [1.807, 2.05) is 53.2 Å². The van der Waals surface area contributed by atoms with Crippen molar-refractivity contribution in [2.75, 3.05) is 0 Å². The fourth-order valence-corrected chi connectivity index (χ4v) is 2.65. The first kappa shape index (κ1) is 15.9. The summed E-state index contributed by atoms with van der Waals surface area (Å²) < 4.78 is 1.89. The van der Waals surface area contributed by atoms with Gasteiger partial charge in [0.15, 0.2) is 5.82 Å². The topological polar surface area (TPSA) is 56.5 Å². The molecule has 5 nitrogen and oxygen atoms in total. The van der Waals surface area contributed by atoms with Gasteiger partial charge in [-0.25, -0.2) is 14.6 Å². The van der Waals surface area contributed by atoms with Gasteiger partial charge in [0.05, 0.1) is 12.7 Å². The molecule has 26 heavy (non-hydrogen) atoms. The van der Waals surface area contributed by atoms with Gasteiger partial charge in [-0.15, -0.1) is 5.10 Å². The molecule has 0 unspecified atom stereocenters. The molecule has 5 heteroatoms. The fraction of sp³-hybridized carbons (Fsp3) is 0.0476. The first-order valence-corrected chi connectivity index (χ1v) is 8.38. The summed E-state index contributed by atoms with van der Waals surface area (Å²) in [6.45, 7) is 0.617. The lowest BCUT2D eigenvalue weighted by molar-refractivity contribution is 0.711. The van der Waals surface area contributed by atoms with Crippen molar-refractivity contribution in [1.29, 1.82) is 0 Å². The largest absolute Gasteiger partial charge is 0.261 e. The predicted molar refractivity (Wildman–Crippen MR) is 102 cm³/mol. The quantitative estimate of drug-likeness (QED) is 0.549. The molecule has 4 aromatic rings. The molecule has 126 valence electrons. The summed E-state index contributed by atoms with van der Waals surface area (Å²) in [7, 11) is 0. The molecule has 0 spiro atoms. The Bertz CT molecular complexity index is 993. The molecule has 0 aliphatic heterocycles. The van der Waals surface area contributed by atoms with Crippen LogP contribution in [-0.4, -0.2) is 24.7 Å². The fourth-order valence-electron chi connectivity index (χ4n) is 2.65. The standard InChI is InChI=1S/C21H17N5/c1-3-8-17(9-4-1)10-7-15-26-21(18-11-5-2-6-12-18)24-20(25-26)19-16-22-13-14-23-19/h1-14,16H,15H2/b10-7+. The minimum Gasteiger partial charge on any atom is -0.261 e. The molecular weight excluding hydrogens is 322 g/mol. The van der Waals surface area contributed by atoms with Crippen LogP contribution >= 0.6 is 0 Å². The molecule has 0 aliphatic carbocycles. The summed E-state index contributed by atoms with van der Waals surface area (Å²) in [5.74, 6) is 1.38. The summed E-state index contributed by atoms with van der Waals surface area (Å²) in [4.78, 5) is 13.1. The molecular formula is C21H17N5. The minimum atomic E-state index is 0.574. The molecule has 2 aromatic heterocycles. The second kappa shape index (κ2) is 7.53. The zero-order valence-electron chi connectivity index (χ0n) is 14.1. The third-order valence-corrected chi connectivity index (χ3v) is 3.88. The highest BCUT2D eigenvalue weighted by atomic mass is 15.3. The maximum absolute atomic E-state index is 4.69. The Morgan fingerprint density at radius 1 is 0.885 bits per heavy atom. The van der Waals surface area contributed by atoms with Crippen LogP contribution < -0.4 is 0 Å². The van der Waals surface area contributed by atoms with Gasteiger partial charge in [0.2, 0.25) is 5.82 Å². The summed E-state index contributed by atoms with van der Waals surface area (Å²) >= 11 is 0. The van der Waals surface area contributed by atoms with E-state index in [1.165, 1.54) is 0 Å². The Morgan fingerprint density at radius 3 is 2.38 bits per heavy atom. The summed E-state index contributed by atoms with van der Waals surface area (Å²) in [6.07, 6.45) is 9.12. The molecule has 0 amide bonds. The van der Waals surface area contributed by atoms with Crippen LogP contribution in [0.4, 0.5) is 0 Å². The number of allylic oxidation sites excluding steroid dienone is 1. The lowest BCUT2D eigenvalue weighted by Crippen LogP contribution is -2.00. The van der Waals surface area contributed by atoms with E-state index in [9.17, 15) is 0 Å². The summed E-state index contributed by atoms with van der Waals surface area (Å²) in [5, 5.41) is 4.64. The molecule has 0 atom stereocenters. The molecule has 0 N–H and O–H groups in total. The van der Waals surface area contributed by atoms with Crippen LogP contribution in [0, 0.1) is 0 Å². The number of rotatable bonds is 5. The Kier molecular flexibility index (Phi) is 4.60. The van der Waals surface area contributed by atoms with E-state index in [1.54, 1.807) is 18.6 Å². The number of hydrogen-bond acceptors (Lipinski definition) is 4. The third kappa shape index (κ3) is 3.57. The van der Waals surface area contributed by atoms with E-state index in [-0.39, 0.29) is 0 Å². The van der Waals surface area contributed by atoms with Gasteiger partial charge in [0, 0.05) is 18.0 Å². The highest BCUT2D eigenvalue weighted by Gasteiger charge is 2.13. The van der Waals surface area contributed by atoms with Crippen molar-refractivity contribution < 1.29 is 0 Å². The summed E-state index contributed by atoms with van der Waals surface area (Å²) in [5.41, 5.74) is 2.83. The number of hydrogen-bond donors (Lipinski definition) is 0. The van der Waals surface area contributed by atoms with Gasteiger partial charge >= 0.3 is 0 Å². The SMILES string of the molecule is C(=C\c1ccccc1)/Cn1nc(-c2cnccn2)nc1-c1ccccc1. The smallest absolute Gasteiger partial charge is 0.201 e. The lowest BCUT2D eigenvalue weighted by Gasteiger charge is -2.02. The Balaban J connectivity index is 1.68. The van der Waals surface area contributed by atoms with E-state index in [2.05, 4.69) is 39.4 Å². The van der Waals surface area contributed by atoms with Crippen LogP contribution in [0.2, 0.25) is 0 Å². The maximum Gasteiger partial charge on any atom is 0.201 e. The van der Waals surface area contributed by atoms with Gasteiger partial charge in [-0.3, -0.25) is 4.98 Å². The van der Waals surface area contributed by atoms with Crippen molar-refractivity contribution in [3.63, 3.8) is 0 Å². The summed E-state index contributed by atoms with van der Waals surface area (Å²) in [6, 6.07) is 20.2. The van der Waals surface area contributed by atoms with Crippen LogP contribution in [0.1, 0.15) is 5.56 Å². The third-order valence-electron chi connectivity index (χ3n) is 3.88. The van der Waals surface area contributed by atoms with Crippen LogP contribution in [-0.2, 0) is 6.54 Å². The van der Waals surface area contributed by atoms with Crippen molar-refractivity contribution >= 4 is 6.08 Å². The maximum atomic E-state index is 4.69. The van der Waals surface area contributed by atoms with Crippen LogP contribution in [0.15, 0.2) is 85.3 Å². The average Bonchev–Trinajstić information content (AvgIpc) is 3.14. The van der Waals surface area contributed by atoms with Crippen molar-refractivity contribution in [1.82, 2.24) is 24.7 Å². The average molecular weight is 339 g/mol. The van der Waals surface area contributed by atoms with Crippen LogP contribution in [0.3, 0.4) is 0 Å². The molecule has 2 heterocycles. The second-order valence-electron chi connectivity index (χ2n) is 5.71. The zero-order chi connectivity index (χ0) is 17.6. The highest BCUT2D eigenvalue weighted by molar-refractivity contribution is 5.59. The second-order valence-corrected chi connectivity index (χ2v) is 5.71. The first-order chi connectivity index (χ1) is 12.9. The van der Waals surface area contributed by atoms with Gasteiger partial charge < -0.3 is 0 Å². The molecule has 0 radical (unpaired) electrons. The Labute approximate surface area is 151 Å². The van der Waals surface area contributed by atoms with E-state index in [0.29, 0.717) is 18.1 Å². The lowest BCUT2D eigenvalue weighted by atomic mass is 10.2. The zero-order valence-corrected chi connectivity index (χ0v) is 14.1. The Hall–Kier alpha value is -3.60. The van der Waals surface area contributed by atoms with Crippen molar-refractivity contribution in [3.05, 3.63) is 90.9 Å². The van der Waals surface area contributed by atoms with Crippen molar-refractivity contribution in [2.24, 2.45) is 0 Å². The number of benzene rings is 2. The molecule has 0 aliphatic rings. The molecule has 0 saturated carbocycles. The van der Waals surface area contributed by atoms with Gasteiger partial charge in [0.25, 0.3) is 0 Å². The number of aromatic nitrogens is 5. The van der Waals surface area contributed by atoms with Gasteiger partial charge in [0.1, 0.15) is 5.69 Å². The van der Waals surface area contributed by atoms with E-state index < -0.39 is 0 Å². The molecule has 4 rings (SSSR count). The van der Waals surface area contributed by atoms with Crippen molar-refractivity contribution in [2.45, 2.75) is 6.54 Å². The van der Waals surface area contributed by atoms with Gasteiger partial charge in [-0.2, -0.15) is 0 Å². The Morgan fingerprint density at radius 2 is 1.65 bits per heavy atom. The molecule has 0 fully saturated rings. The van der Waals surface area contributed by atoms with Gasteiger partial charge in [-0.1, -0.05) is 72.8 Å². The predicted octanol–water partition coefficient (Wildman–Crippen LogP) is 4.12. The monoisotopic (exact) mass is 339 g/mol. The van der Waals surface area contributed by atoms with Crippen LogP contribution in [0.5, 0.6) is 0 Å².